The molecule has 2 rings (SSSR count). The van der Waals surface area contributed by atoms with Gasteiger partial charge in [0.25, 0.3) is 5.91 Å². The van der Waals surface area contributed by atoms with Crippen LogP contribution in [0.5, 0.6) is 5.75 Å². The molecule has 25 heavy (non-hydrogen) atoms. The van der Waals surface area contributed by atoms with Gasteiger partial charge in [-0.2, -0.15) is 5.10 Å². The Bertz CT molecular complexity index is 737. The molecule has 2 amide bonds. The molecule has 0 fully saturated rings. The Kier molecular flexibility index (Phi) is 6.16. The second kappa shape index (κ2) is 8.32. The van der Waals surface area contributed by atoms with Crippen molar-refractivity contribution < 1.29 is 14.3 Å². The summed E-state index contributed by atoms with van der Waals surface area (Å²) in [5, 5.41) is 6.89. The number of amides is 2. The molecule has 1 aromatic heterocycles. The molecule has 1 heterocycles. The van der Waals surface area contributed by atoms with Crippen LogP contribution < -0.4 is 10.1 Å². The molecule has 7 nitrogen and oxygen atoms in total. The quantitative estimate of drug-likeness (QED) is 0.828. The van der Waals surface area contributed by atoms with Crippen LogP contribution >= 0.6 is 0 Å². The van der Waals surface area contributed by atoms with E-state index in [0.29, 0.717) is 18.8 Å². The molecule has 0 radical (unpaired) electrons. The molecule has 7 heteroatoms. The zero-order valence-corrected chi connectivity index (χ0v) is 15.1. The minimum Gasteiger partial charge on any atom is -0.497 e. The van der Waals surface area contributed by atoms with Crippen LogP contribution in [-0.2, 0) is 17.9 Å². The third-order valence-electron chi connectivity index (χ3n) is 3.84. The standard InChI is InChI=1S/C18H24N4O3/c1-5-22-16(10-13(2)20-22)18(24)19-11-17(23)21(3)12-14-6-8-15(25-4)9-7-14/h6-10H,5,11-12H2,1-4H3,(H,19,24). The minimum atomic E-state index is -0.298. The van der Waals surface area contributed by atoms with Crippen molar-refractivity contribution in [2.45, 2.75) is 26.9 Å². The van der Waals surface area contributed by atoms with E-state index in [1.165, 1.54) is 0 Å². The molecule has 0 atom stereocenters. The molecular formula is C18H24N4O3. The number of nitrogens with zero attached hydrogens (tertiary/aromatic N) is 3. The minimum absolute atomic E-state index is 0.0561. The lowest BCUT2D eigenvalue weighted by atomic mass is 10.2. The molecule has 1 aromatic carbocycles. The van der Waals surface area contributed by atoms with Crippen molar-refractivity contribution in [2.75, 3.05) is 20.7 Å². The van der Waals surface area contributed by atoms with Gasteiger partial charge in [-0.1, -0.05) is 12.1 Å². The number of aryl methyl sites for hydroxylation is 2. The summed E-state index contributed by atoms with van der Waals surface area (Å²) in [7, 11) is 3.32. The summed E-state index contributed by atoms with van der Waals surface area (Å²) in [6.45, 7) is 4.75. The summed E-state index contributed by atoms with van der Waals surface area (Å²) in [4.78, 5) is 26.0. The first-order valence-corrected chi connectivity index (χ1v) is 8.14. The highest BCUT2D eigenvalue weighted by Crippen LogP contribution is 2.12. The third-order valence-corrected chi connectivity index (χ3v) is 3.84. The molecule has 0 saturated carbocycles. The molecule has 0 saturated heterocycles. The maximum Gasteiger partial charge on any atom is 0.269 e. The summed E-state index contributed by atoms with van der Waals surface area (Å²) in [5.41, 5.74) is 2.23. The fourth-order valence-corrected chi connectivity index (χ4v) is 2.44. The van der Waals surface area contributed by atoms with E-state index in [1.807, 2.05) is 38.1 Å². The van der Waals surface area contributed by atoms with E-state index < -0.39 is 0 Å². The van der Waals surface area contributed by atoms with Crippen molar-refractivity contribution in [3.63, 3.8) is 0 Å². The zero-order chi connectivity index (χ0) is 18.4. The highest BCUT2D eigenvalue weighted by molar-refractivity contribution is 5.95. The van der Waals surface area contributed by atoms with E-state index in [1.54, 1.807) is 29.8 Å². The smallest absolute Gasteiger partial charge is 0.269 e. The van der Waals surface area contributed by atoms with Gasteiger partial charge in [-0.15, -0.1) is 0 Å². The first kappa shape index (κ1) is 18.5. The first-order valence-electron chi connectivity index (χ1n) is 8.14. The molecule has 0 aliphatic heterocycles. The number of nitrogens with one attached hydrogen (secondary N) is 1. The van der Waals surface area contributed by atoms with Crippen LogP contribution in [0.25, 0.3) is 0 Å². The number of benzene rings is 1. The van der Waals surface area contributed by atoms with Crippen molar-refractivity contribution in [3.8, 4) is 5.75 Å². The SMILES string of the molecule is CCn1nc(C)cc1C(=O)NCC(=O)N(C)Cc1ccc(OC)cc1. The lowest BCUT2D eigenvalue weighted by molar-refractivity contribution is -0.129. The number of ether oxygens (including phenoxy) is 1. The fourth-order valence-electron chi connectivity index (χ4n) is 2.44. The normalized spacial score (nSPS) is 10.4. The number of rotatable bonds is 7. The van der Waals surface area contributed by atoms with Crippen molar-refractivity contribution in [1.29, 1.82) is 0 Å². The molecule has 1 N–H and O–H groups in total. The maximum absolute atomic E-state index is 12.2. The largest absolute Gasteiger partial charge is 0.497 e. The Morgan fingerprint density at radius 2 is 1.96 bits per heavy atom. The van der Waals surface area contributed by atoms with Gasteiger partial charge in [-0.05, 0) is 37.6 Å². The lowest BCUT2D eigenvalue weighted by Gasteiger charge is -2.18. The summed E-state index contributed by atoms with van der Waals surface area (Å²) >= 11 is 0. The molecule has 2 aromatic rings. The van der Waals surface area contributed by atoms with Gasteiger partial charge in [-0.3, -0.25) is 14.3 Å². The number of likely N-dealkylation sites (N-methyl/N-ethyl adjacent to an activating group) is 1. The van der Waals surface area contributed by atoms with Crippen molar-refractivity contribution in [2.24, 2.45) is 0 Å². The van der Waals surface area contributed by atoms with E-state index in [-0.39, 0.29) is 18.4 Å². The number of carbonyl (C=O) groups excluding carboxylic acids is 2. The van der Waals surface area contributed by atoms with Crippen LogP contribution in [-0.4, -0.2) is 47.2 Å². The summed E-state index contributed by atoms with van der Waals surface area (Å²) in [6, 6.07) is 9.23. The van der Waals surface area contributed by atoms with Gasteiger partial charge in [0.1, 0.15) is 11.4 Å². The highest BCUT2D eigenvalue weighted by Gasteiger charge is 2.15. The van der Waals surface area contributed by atoms with Gasteiger partial charge >= 0.3 is 0 Å². The zero-order valence-electron chi connectivity index (χ0n) is 15.1. The molecule has 0 bridgehead atoms. The van der Waals surface area contributed by atoms with Crippen LogP contribution in [0.2, 0.25) is 0 Å². The Hall–Kier alpha value is -2.83. The van der Waals surface area contributed by atoms with Crippen LogP contribution in [0.4, 0.5) is 0 Å². The van der Waals surface area contributed by atoms with Gasteiger partial charge in [-0.25, -0.2) is 0 Å². The molecule has 0 aliphatic rings. The van der Waals surface area contributed by atoms with E-state index in [9.17, 15) is 9.59 Å². The van der Waals surface area contributed by atoms with Crippen LogP contribution in [0.3, 0.4) is 0 Å². The Morgan fingerprint density at radius 1 is 1.28 bits per heavy atom. The third kappa shape index (κ3) is 4.82. The lowest BCUT2D eigenvalue weighted by Crippen LogP contribution is -2.38. The Balaban J connectivity index is 1.88. The average molecular weight is 344 g/mol. The molecule has 0 unspecified atom stereocenters. The van der Waals surface area contributed by atoms with E-state index in [4.69, 9.17) is 4.74 Å². The van der Waals surface area contributed by atoms with E-state index in [0.717, 1.165) is 17.0 Å². The van der Waals surface area contributed by atoms with Gasteiger partial charge < -0.3 is 15.0 Å². The summed E-state index contributed by atoms with van der Waals surface area (Å²) in [6.07, 6.45) is 0. The topological polar surface area (TPSA) is 76.5 Å². The van der Waals surface area contributed by atoms with Crippen molar-refractivity contribution >= 4 is 11.8 Å². The Morgan fingerprint density at radius 3 is 2.56 bits per heavy atom. The second-order valence-electron chi connectivity index (χ2n) is 5.77. The monoisotopic (exact) mass is 344 g/mol. The van der Waals surface area contributed by atoms with Crippen LogP contribution in [0.1, 0.15) is 28.7 Å². The van der Waals surface area contributed by atoms with E-state index >= 15 is 0 Å². The number of hydrogen-bond acceptors (Lipinski definition) is 4. The molecule has 0 spiro atoms. The van der Waals surface area contributed by atoms with Crippen molar-refractivity contribution in [1.82, 2.24) is 20.0 Å². The first-order chi connectivity index (χ1) is 11.9. The molecular weight excluding hydrogens is 320 g/mol. The summed E-state index contributed by atoms with van der Waals surface area (Å²) < 4.78 is 6.74. The average Bonchev–Trinajstić information content (AvgIpc) is 3.01. The fraction of sp³-hybridized carbons (Fsp3) is 0.389. The second-order valence-corrected chi connectivity index (χ2v) is 5.77. The predicted molar refractivity (Wildman–Crippen MR) is 94.4 cm³/mol. The van der Waals surface area contributed by atoms with Gasteiger partial charge in [0.15, 0.2) is 0 Å². The summed E-state index contributed by atoms with van der Waals surface area (Å²) in [5.74, 6) is 0.310. The highest BCUT2D eigenvalue weighted by atomic mass is 16.5. The maximum atomic E-state index is 12.2. The van der Waals surface area contributed by atoms with Gasteiger partial charge in [0.2, 0.25) is 5.91 Å². The predicted octanol–water partition coefficient (Wildman–Crippen LogP) is 1.61. The molecule has 0 aliphatic carbocycles. The van der Waals surface area contributed by atoms with Crippen LogP contribution in [0, 0.1) is 6.92 Å². The molecule has 134 valence electrons. The van der Waals surface area contributed by atoms with Gasteiger partial charge in [0.05, 0.1) is 19.3 Å². The van der Waals surface area contributed by atoms with Crippen molar-refractivity contribution in [3.05, 3.63) is 47.3 Å². The number of hydrogen-bond donors (Lipinski definition) is 1. The van der Waals surface area contributed by atoms with E-state index in [2.05, 4.69) is 10.4 Å². The number of aromatic nitrogens is 2. The van der Waals surface area contributed by atoms with Crippen LogP contribution in [0.15, 0.2) is 30.3 Å². The van der Waals surface area contributed by atoms with Gasteiger partial charge in [0, 0.05) is 20.1 Å². The Labute approximate surface area is 147 Å². The number of methoxy groups -OCH3 is 1. The number of carbonyl (C=O) groups is 2.